The van der Waals surface area contributed by atoms with Crippen molar-refractivity contribution in [2.24, 2.45) is 5.10 Å². The Kier molecular flexibility index (Phi) is 5.05. The van der Waals surface area contributed by atoms with Crippen LogP contribution in [0.3, 0.4) is 0 Å². The minimum Gasteiger partial charge on any atom is -0.346 e. The van der Waals surface area contributed by atoms with Crippen LogP contribution in [-0.4, -0.2) is 22.1 Å². The van der Waals surface area contributed by atoms with E-state index in [0.29, 0.717) is 26.6 Å². The van der Waals surface area contributed by atoms with Gasteiger partial charge in [0.05, 0.1) is 11.7 Å². The minimum atomic E-state index is -0.646. The molecule has 1 amide bonds. The second-order valence-corrected chi connectivity index (χ2v) is 7.22. The standard InChI is InChI=1S/C21H14Cl2N4O2/c1-11-8-17(23)26-16-7-6-13-19(18(11)16)24-10-14(20(13)28)21(29)27-25-9-12-4-2-3-5-15(12)22/h2-10,26H,1H3,(H,27,29). The molecule has 0 saturated carbocycles. The molecule has 0 unspecified atom stereocenters. The molecule has 2 aromatic heterocycles. The molecule has 0 saturated heterocycles. The van der Waals surface area contributed by atoms with Crippen LogP contribution in [0.5, 0.6) is 0 Å². The molecule has 144 valence electrons. The van der Waals surface area contributed by atoms with E-state index in [1.807, 2.05) is 6.92 Å². The van der Waals surface area contributed by atoms with E-state index in [4.69, 9.17) is 23.2 Å². The number of rotatable bonds is 3. The Labute approximate surface area is 175 Å². The molecule has 2 heterocycles. The number of hydrazone groups is 1. The molecule has 4 rings (SSSR count). The average Bonchev–Trinajstić information content (AvgIpc) is 2.69. The summed E-state index contributed by atoms with van der Waals surface area (Å²) in [5.41, 5.74) is 4.62. The van der Waals surface area contributed by atoms with Gasteiger partial charge in [0.25, 0.3) is 5.91 Å². The molecular formula is C21H14Cl2N4O2. The van der Waals surface area contributed by atoms with Crippen molar-refractivity contribution in [3.63, 3.8) is 0 Å². The van der Waals surface area contributed by atoms with E-state index < -0.39 is 11.3 Å². The first-order valence-corrected chi connectivity index (χ1v) is 9.40. The predicted octanol–water partition coefficient (Wildman–Crippen LogP) is 4.46. The maximum absolute atomic E-state index is 12.9. The molecule has 6 nitrogen and oxygen atoms in total. The van der Waals surface area contributed by atoms with Gasteiger partial charge in [0.2, 0.25) is 5.43 Å². The second kappa shape index (κ2) is 7.66. The quantitative estimate of drug-likeness (QED) is 0.220. The van der Waals surface area contributed by atoms with Gasteiger partial charge in [-0.05, 0) is 36.8 Å². The molecule has 29 heavy (non-hydrogen) atoms. The fraction of sp³-hybridized carbons (Fsp3) is 0.0476. The number of amides is 1. The summed E-state index contributed by atoms with van der Waals surface area (Å²) in [6.45, 7) is 1.89. The van der Waals surface area contributed by atoms with Gasteiger partial charge in [-0.3, -0.25) is 14.6 Å². The largest absolute Gasteiger partial charge is 0.346 e. The molecule has 0 aliphatic carbocycles. The molecule has 0 atom stereocenters. The van der Waals surface area contributed by atoms with Gasteiger partial charge in [-0.2, -0.15) is 5.10 Å². The molecule has 8 heteroatoms. The van der Waals surface area contributed by atoms with Gasteiger partial charge in [0.1, 0.15) is 10.7 Å². The summed E-state index contributed by atoms with van der Waals surface area (Å²) in [5.74, 6) is -0.646. The van der Waals surface area contributed by atoms with Gasteiger partial charge in [-0.1, -0.05) is 41.4 Å². The van der Waals surface area contributed by atoms with Gasteiger partial charge in [-0.25, -0.2) is 5.43 Å². The van der Waals surface area contributed by atoms with Crippen LogP contribution >= 0.6 is 23.2 Å². The monoisotopic (exact) mass is 424 g/mol. The molecule has 0 fully saturated rings. The number of carbonyl (C=O) groups is 1. The van der Waals surface area contributed by atoms with E-state index in [2.05, 4.69) is 20.5 Å². The SMILES string of the molecule is Cc1cc(Cl)[nH]c2ccc3c(=O)c(C(=O)NN=Cc4ccccc4Cl)cnc3c12. The Morgan fingerprint density at radius 1 is 1.21 bits per heavy atom. The molecular weight excluding hydrogens is 411 g/mol. The maximum Gasteiger partial charge on any atom is 0.276 e. The topological polar surface area (TPSA) is 87.2 Å². The van der Waals surface area contributed by atoms with Crippen LogP contribution in [0.25, 0.3) is 21.8 Å². The molecule has 0 spiro atoms. The van der Waals surface area contributed by atoms with E-state index >= 15 is 0 Å². The number of hydrogen-bond donors (Lipinski definition) is 2. The van der Waals surface area contributed by atoms with Crippen LogP contribution in [-0.2, 0) is 0 Å². The van der Waals surface area contributed by atoms with E-state index in [1.54, 1.807) is 42.5 Å². The minimum absolute atomic E-state index is 0.0937. The average molecular weight is 425 g/mol. The number of hydrogen-bond acceptors (Lipinski definition) is 4. The lowest BCUT2D eigenvalue weighted by Gasteiger charge is -2.08. The van der Waals surface area contributed by atoms with Gasteiger partial charge in [0, 0.05) is 33.1 Å². The third kappa shape index (κ3) is 3.60. The summed E-state index contributed by atoms with van der Waals surface area (Å²) in [6.07, 6.45) is 2.67. The summed E-state index contributed by atoms with van der Waals surface area (Å²) in [4.78, 5) is 32.7. The zero-order valence-electron chi connectivity index (χ0n) is 15.2. The Morgan fingerprint density at radius 2 is 2.00 bits per heavy atom. The highest BCUT2D eigenvalue weighted by molar-refractivity contribution is 6.33. The fourth-order valence-electron chi connectivity index (χ4n) is 3.13. The number of nitrogens with zero attached hydrogens (tertiary/aromatic N) is 2. The van der Waals surface area contributed by atoms with Crippen LogP contribution in [0, 0.1) is 6.92 Å². The Hall–Kier alpha value is -3.22. The highest BCUT2D eigenvalue weighted by Gasteiger charge is 2.15. The Balaban J connectivity index is 1.70. The molecule has 2 aromatic carbocycles. The second-order valence-electron chi connectivity index (χ2n) is 6.41. The molecule has 4 aromatic rings. The first kappa shape index (κ1) is 19.1. The van der Waals surface area contributed by atoms with E-state index in [1.165, 1.54) is 12.4 Å². The van der Waals surface area contributed by atoms with Gasteiger partial charge in [0.15, 0.2) is 0 Å². The summed E-state index contributed by atoms with van der Waals surface area (Å²) in [7, 11) is 0. The number of aromatic nitrogens is 2. The number of pyridine rings is 2. The first-order valence-electron chi connectivity index (χ1n) is 8.64. The number of fused-ring (bicyclic) bond motifs is 3. The molecule has 0 radical (unpaired) electrons. The van der Waals surface area contributed by atoms with E-state index in [9.17, 15) is 9.59 Å². The van der Waals surface area contributed by atoms with Crippen LogP contribution in [0.1, 0.15) is 21.5 Å². The lowest BCUT2D eigenvalue weighted by molar-refractivity contribution is 0.0954. The van der Waals surface area contributed by atoms with E-state index in [0.717, 1.165) is 16.5 Å². The van der Waals surface area contributed by atoms with Crippen molar-refractivity contribution in [3.8, 4) is 0 Å². The summed E-state index contributed by atoms with van der Waals surface area (Å²) in [6, 6.07) is 12.2. The summed E-state index contributed by atoms with van der Waals surface area (Å²) < 4.78 is 0. The van der Waals surface area contributed by atoms with Crippen LogP contribution in [0.15, 0.2) is 58.6 Å². The van der Waals surface area contributed by atoms with Crippen molar-refractivity contribution in [1.29, 1.82) is 0 Å². The smallest absolute Gasteiger partial charge is 0.276 e. The highest BCUT2D eigenvalue weighted by atomic mass is 35.5. The van der Waals surface area contributed by atoms with Crippen LogP contribution in [0.4, 0.5) is 0 Å². The molecule has 0 aliphatic rings. The van der Waals surface area contributed by atoms with Gasteiger partial charge in [-0.15, -0.1) is 0 Å². The van der Waals surface area contributed by atoms with Crippen molar-refractivity contribution in [2.45, 2.75) is 6.92 Å². The predicted molar refractivity (Wildman–Crippen MR) is 116 cm³/mol. The van der Waals surface area contributed by atoms with Crippen molar-refractivity contribution in [1.82, 2.24) is 15.4 Å². The lowest BCUT2D eigenvalue weighted by Crippen LogP contribution is -2.25. The Morgan fingerprint density at radius 3 is 2.79 bits per heavy atom. The highest BCUT2D eigenvalue weighted by Crippen LogP contribution is 2.26. The number of aryl methyl sites for hydroxylation is 1. The molecule has 0 bridgehead atoms. The number of carbonyl (C=O) groups excluding carboxylic acids is 1. The molecule has 0 aliphatic heterocycles. The lowest BCUT2D eigenvalue weighted by atomic mass is 10.0. The zero-order chi connectivity index (χ0) is 20.5. The van der Waals surface area contributed by atoms with E-state index in [-0.39, 0.29) is 5.56 Å². The number of nitrogens with one attached hydrogen (secondary N) is 2. The molecule has 2 N–H and O–H groups in total. The summed E-state index contributed by atoms with van der Waals surface area (Å²) in [5, 5.41) is 6.00. The van der Waals surface area contributed by atoms with Crippen molar-refractivity contribution in [2.75, 3.05) is 0 Å². The number of aromatic amines is 1. The summed E-state index contributed by atoms with van der Waals surface area (Å²) >= 11 is 12.1. The van der Waals surface area contributed by atoms with Crippen molar-refractivity contribution < 1.29 is 4.79 Å². The van der Waals surface area contributed by atoms with Crippen LogP contribution in [0.2, 0.25) is 10.2 Å². The number of H-pyrrole nitrogens is 1. The zero-order valence-corrected chi connectivity index (χ0v) is 16.7. The normalized spacial score (nSPS) is 11.4. The van der Waals surface area contributed by atoms with Gasteiger partial charge >= 0.3 is 0 Å². The third-order valence-corrected chi connectivity index (χ3v) is 5.05. The number of benzene rings is 2. The fourth-order valence-corrected chi connectivity index (χ4v) is 3.58. The van der Waals surface area contributed by atoms with Gasteiger partial charge < -0.3 is 4.98 Å². The van der Waals surface area contributed by atoms with Crippen molar-refractivity contribution >= 4 is 57.1 Å². The van der Waals surface area contributed by atoms with Crippen molar-refractivity contribution in [3.05, 3.63) is 85.8 Å². The third-order valence-electron chi connectivity index (χ3n) is 4.50. The first-order chi connectivity index (χ1) is 14.0. The maximum atomic E-state index is 12.9. The van der Waals surface area contributed by atoms with Crippen LogP contribution < -0.4 is 10.9 Å². The number of halogens is 2. The Bertz CT molecular complexity index is 1360.